The van der Waals surface area contributed by atoms with E-state index in [4.69, 9.17) is 5.73 Å². The molecule has 2 rings (SSSR count). The van der Waals surface area contributed by atoms with Crippen molar-refractivity contribution in [2.75, 3.05) is 77.7 Å². The van der Waals surface area contributed by atoms with Crippen LogP contribution in [0.25, 0.3) is 0 Å². The van der Waals surface area contributed by atoms with E-state index in [0.29, 0.717) is 11.3 Å². The van der Waals surface area contributed by atoms with Crippen LogP contribution in [0.4, 0.5) is 5.69 Å². The van der Waals surface area contributed by atoms with Crippen LogP contribution in [0, 0.1) is 0 Å². The number of rotatable bonds is 9. The second kappa shape index (κ2) is 13.6. The Morgan fingerprint density at radius 3 is 1.31 bits per heavy atom. The summed E-state index contributed by atoms with van der Waals surface area (Å²) in [7, 11) is 0. The Bertz CT molecular complexity index is 849. The molecule has 1 saturated heterocycles. The Labute approximate surface area is 202 Å². The summed E-state index contributed by atoms with van der Waals surface area (Å²) in [6.45, 7) is 1.09. The van der Waals surface area contributed by atoms with Crippen molar-refractivity contribution in [2.24, 2.45) is 0 Å². The molecule has 0 aromatic heterocycles. The minimum Gasteiger partial charge on any atom is -0.480 e. The lowest BCUT2D eigenvalue weighted by Crippen LogP contribution is -2.49. The number of carbonyl (C=O) groups is 4. The molecule has 35 heavy (non-hydrogen) atoms. The molecule has 0 saturated carbocycles. The summed E-state index contributed by atoms with van der Waals surface area (Å²) in [5.74, 6) is -4.22. The van der Waals surface area contributed by atoms with E-state index in [1.165, 1.54) is 0 Å². The lowest BCUT2D eigenvalue weighted by molar-refractivity contribution is -0.145. The van der Waals surface area contributed by atoms with Gasteiger partial charge in [-0.2, -0.15) is 0 Å². The van der Waals surface area contributed by atoms with Crippen molar-refractivity contribution in [3.63, 3.8) is 0 Å². The molecule has 1 aromatic carbocycles. The zero-order chi connectivity index (χ0) is 26.0. The predicted molar refractivity (Wildman–Crippen MR) is 125 cm³/mol. The monoisotopic (exact) mass is 495 g/mol. The Balaban J connectivity index is 2.33. The number of carboxylic acids is 4. The van der Waals surface area contributed by atoms with Gasteiger partial charge in [0.05, 0.1) is 19.6 Å². The molecule has 1 heterocycles. The maximum absolute atomic E-state index is 12.3. The molecule has 1 aliphatic rings. The zero-order valence-electron chi connectivity index (χ0n) is 19.5. The van der Waals surface area contributed by atoms with Gasteiger partial charge in [-0.15, -0.1) is 0 Å². The summed E-state index contributed by atoms with van der Waals surface area (Å²) in [5.41, 5.74) is 6.73. The summed E-state index contributed by atoms with van der Waals surface area (Å²) in [6, 6.07) is 5.41. The van der Waals surface area contributed by atoms with Crippen LogP contribution in [0.2, 0.25) is 0 Å². The molecule has 0 amide bonds. The molecule has 1 aromatic rings. The van der Waals surface area contributed by atoms with Crippen LogP contribution < -0.4 is 5.73 Å². The third kappa shape index (κ3) is 9.86. The third-order valence-electron chi connectivity index (χ3n) is 5.80. The maximum Gasteiger partial charge on any atom is 0.325 e. The number of hydrogen-bond acceptors (Lipinski definition) is 9. The van der Waals surface area contributed by atoms with E-state index in [-0.39, 0.29) is 72.0 Å². The van der Waals surface area contributed by atoms with Gasteiger partial charge < -0.3 is 26.2 Å². The number of benzene rings is 1. The first kappa shape index (κ1) is 28.0. The van der Waals surface area contributed by atoms with E-state index in [2.05, 4.69) is 0 Å². The number of carboxylic acid groups (broad SMARTS) is 4. The Hall–Kier alpha value is -3.26. The molecule has 1 unspecified atom stereocenters. The first-order valence-electron chi connectivity index (χ1n) is 11.2. The molecule has 13 nitrogen and oxygen atoms in total. The van der Waals surface area contributed by atoms with E-state index < -0.39 is 29.9 Å². The minimum absolute atomic E-state index is 0.203. The van der Waals surface area contributed by atoms with Gasteiger partial charge in [0.25, 0.3) is 0 Å². The van der Waals surface area contributed by atoms with E-state index in [0.717, 1.165) is 0 Å². The summed E-state index contributed by atoms with van der Waals surface area (Å²) in [5, 5.41) is 37.9. The van der Waals surface area contributed by atoms with Gasteiger partial charge in [-0.1, -0.05) is 12.1 Å². The van der Waals surface area contributed by atoms with Crippen molar-refractivity contribution in [1.29, 1.82) is 0 Å². The minimum atomic E-state index is -1.09. The normalized spacial score (nSPS) is 18.7. The fourth-order valence-electron chi connectivity index (χ4n) is 4.05. The highest BCUT2D eigenvalue weighted by Gasteiger charge is 2.29. The van der Waals surface area contributed by atoms with Crippen molar-refractivity contribution < 1.29 is 39.6 Å². The highest BCUT2D eigenvalue weighted by atomic mass is 16.4. The molecule has 0 bridgehead atoms. The van der Waals surface area contributed by atoms with Crippen LogP contribution >= 0.6 is 0 Å². The fourth-order valence-corrected chi connectivity index (χ4v) is 4.05. The fraction of sp³-hybridized carbons (Fsp3) is 0.545. The molecule has 0 radical (unpaired) electrons. The van der Waals surface area contributed by atoms with Crippen LogP contribution in [0.1, 0.15) is 11.6 Å². The summed E-state index contributed by atoms with van der Waals surface area (Å²) in [4.78, 5) is 52.9. The molecule has 13 heteroatoms. The van der Waals surface area contributed by atoms with Crippen molar-refractivity contribution in [3.05, 3.63) is 29.8 Å². The topological polar surface area (TPSA) is 188 Å². The summed E-state index contributed by atoms with van der Waals surface area (Å²) >= 11 is 0. The Morgan fingerprint density at radius 2 is 1.00 bits per heavy atom. The van der Waals surface area contributed by atoms with Crippen LogP contribution in [-0.2, 0) is 19.2 Å². The van der Waals surface area contributed by atoms with Crippen LogP contribution in [-0.4, -0.2) is 136 Å². The SMILES string of the molecule is Nc1ccc(C(C(=O)O)N2CCN(CC(=O)O)CCN(CC(=O)O)CCN(CC(=O)O)CC2)cc1. The quantitative estimate of drug-likeness (QED) is 0.259. The van der Waals surface area contributed by atoms with Crippen molar-refractivity contribution in [3.8, 4) is 0 Å². The lowest BCUT2D eigenvalue weighted by Gasteiger charge is -2.35. The standard InChI is InChI=1S/C22H33N5O8/c23-17-3-1-16(2-4-17)21(22(34)35)27-11-9-25(14-19(30)31)7-5-24(13-18(28)29)6-8-26(10-12-27)15-20(32)33/h1-4,21H,5-15,23H2,(H,28,29)(H,30,31)(H,32,33)(H,34,35). The molecular formula is C22H33N5O8. The summed E-state index contributed by atoms with van der Waals surface area (Å²) in [6.07, 6.45) is 0. The number of hydrogen-bond donors (Lipinski definition) is 5. The first-order chi connectivity index (χ1) is 16.5. The first-order valence-corrected chi connectivity index (χ1v) is 11.2. The zero-order valence-corrected chi connectivity index (χ0v) is 19.5. The molecule has 194 valence electrons. The number of aliphatic carboxylic acids is 4. The van der Waals surface area contributed by atoms with Gasteiger partial charge in [0.15, 0.2) is 0 Å². The molecule has 1 atom stereocenters. The van der Waals surface area contributed by atoms with Crippen molar-refractivity contribution >= 4 is 29.6 Å². The highest BCUT2D eigenvalue weighted by Crippen LogP contribution is 2.22. The average molecular weight is 496 g/mol. The Kier molecular flexibility index (Phi) is 10.9. The predicted octanol–water partition coefficient (Wildman–Crippen LogP) is -1.13. The van der Waals surface area contributed by atoms with Crippen LogP contribution in [0.3, 0.4) is 0 Å². The summed E-state index contributed by atoms with van der Waals surface area (Å²) < 4.78 is 0. The van der Waals surface area contributed by atoms with E-state index in [1.807, 2.05) is 0 Å². The number of nitrogens with zero attached hydrogens (tertiary/aromatic N) is 4. The van der Waals surface area contributed by atoms with E-state index >= 15 is 0 Å². The van der Waals surface area contributed by atoms with Gasteiger partial charge in [-0.05, 0) is 17.7 Å². The van der Waals surface area contributed by atoms with E-state index in [1.54, 1.807) is 43.9 Å². The molecule has 1 aliphatic heterocycles. The lowest BCUT2D eigenvalue weighted by atomic mass is 10.0. The van der Waals surface area contributed by atoms with Crippen molar-refractivity contribution in [1.82, 2.24) is 19.6 Å². The molecule has 1 fully saturated rings. The van der Waals surface area contributed by atoms with Crippen LogP contribution in [0.15, 0.2) is 24.3 Å². The van der Waals surface area contributed by atoms with Gasteiger partial charge in [0.2, 0.25) is 0 Å². The molecular weight excluding hydrogens is 462 g/mol. The van der Waals surface area contributed by atoms with Gasteiger partial charge >= 0.3 is 23.9 Å². The molecule has 0 aliphatic carbocycles. The number of nitrogen functional groups attached to an aromatic ring is 1. The van der Waals surface area contributed by atoms with Crippen LogP contribution in [0.5, 0.6) is 0 Å². The van der Waals surface area contributed by atoms with E-state index in [9.17, 15) is 39.6 Å². The van der Waals surface area contributed by atoms with Gasteiger partial charge in [0.1, 0.15) is 6.04 Å². The van der Waals surface area contributed by atoms with Gasteiger partial charge in [-0.3, -0.25) is 38.8 Å². The molecule has 6 N–H and O–H groups in total. The largest absolute Gasteiger partial charge is 0.480 e. The second-order valence-electron chi connectivity index (χ2n) is 8.45. The number of nitrogens with two attached hydrogens (primary N) is 1. The molecule has 0 spiro atoms. The van der Waals surface area contributed by atoms with Gasteiger partial charge in [-0.25, -0.2) is 0 Å². The highest BCUT2D eigenvalue weighted by molar-refractivity contribution is 5.76. The average Bonchev–Trinajstić information content (AvgIpc) is 2.75. The van der Waals surface area contributed by atoms with Gasteiger partial charge in [0, 0.05) is 58.0 Å². The Morgan fingerprint density at radius 1 is 0.657 bits per heavy atom. The third-order valence-corrected chi connectivity index (χ3v) is 5.80. The maximum atomic E-state index is 12.3. The number of anilines is 1. The second-order valence-corrected chi connectivity index (χ2v) is 8.45. The smallest absolute Gasteiger partial charge is 0.325 e. The van der Waals surface area contributed by atoms with Crippen molar-refractivity contribution in [2.45, 2.75) is 6.04 Å².